The van der Waals surface area contributed by atoms with E-state index in [0.717, 1.165) is 12.2 Å². The Balaban J connectivity index is 2.19. The molecule has 2 rings (SSSR count). The molecule has 1 fully saturated rings. The summed E-state index contributed by atoms with van der Waals surface area (Å²) in [4.78, 5) is 0. The maximum absolute atomic E-state index is 12.1. The Hall–Kier alpha value is -1.08. The fourth-order valence-electron chi connectivity index (χ4n) is 2.01. The highest BCUT2D eigenvalue weighted by atomic mass is 32.2. The van der Waals surface area contributed by atoms with Crippen LogP contribution in [0.1, 0.15) is 19.0 Å². The number of rotatable bonds is 4. The highest BCUT2D eigenvalue weighted by Crippen LogP contribution is 2.19. The van der Waals surface area contributed by atoms with Gasteiger partial charge in [-0.05, 0) is 19.4 Å². The topological polar surface area (TPSA) is 76.0 Å². The molecule has 0 amide bonds. The third-order valence-corrected chi connectivity index (χ3v) is 4.73. The first-order chi connectivity index (χ1) is 8.03. The molecule has 2 heterocycles. The van der Waals surface area contributed by atoms with Gasteiger partial charge in [-0.15, -0.1) is 0 Å². The predicted molar refractivity (Wildman–Crippen MR) is 66.4 cm³/mol. The molecule has 1 saturated heterocycles. The molecule has 2 N–H and O–H groups in total. The normalized spacial score (nSPS) is 20.7. The van der Waals surface area contributed by atoms with Gasteiger partial charge in [-0.25, -0.2) is 8.42 Å². The van der Waals surface area contributed by atoms with Crippen LogP contribution in [0.3, 0.4) is 0 Å². The van der Waals surface area contributed by atoms with Gasteiger partial charge in [0.05, 0.1) is 16.6 Å². The Kier molecular flexibility index (Phi) is 3.39. The third kappa shape index (κ3) is 2.61. The molecule has 1 atom stereocenters. The summed E-state index contributed by atoms with van der Waals surface area (Å²) in [5.41, 5.74) is 1.38. The van der Waals surface area contributed by atoms with Crippen LogP contribution in [-0.2, 0) is 23.5 Å². The monoisotopic (exact) mass is 258 g/mol. The van der Waals surface area contributed by atoms with Gasteiger partial charge in [0.15, 0.2) is 0 Å². The summed E-state index contributed by atoms with van der Waals surface area (Å²) in [5.74, 6) is 0. The minimum absolute atomic E-state index is 0.340. The molecule has 1 aliphatic rings. The van der Waals surface area contributed by atoms with Crippen molar-refractivity contribution in [3.63, 3.8) is 0 Å². The van der Waals surface area contributed by atoms with E-state index in [4.69, 9.17) is 0 Å². The van der Waals surface area contributed by atoms with Crippen molar-refractivity contribution in [1.29, 1.82) is 0 Å². The Morgan fingerprint density at radius 2 is 2.41 bits per heavy atom. The number of sulfonamides is 1. The number of hydrogen-bond acceptors (Lipinski definition) is 4. The number of aryl methyl sites for hydroxylation is 2. The van der Waals surface area contributed by atoms with Crippen LogP contribution in [0.4, 0.5) is 5.69 Å². The van der Waals surface area contributed by atoms with Crippen molar-refractivity contribution < 1.29 is 8.42 Å². The van der Waals surface area contributed by atoms with Gasteiger partial charge >= 0.3 is 0 Å². The smallest absolute Gasteiger partial charge is 0.237 e. The Morgan fingerprint density at radius 1 is 1.65 bits per heavy atom. The first kappa shape index (κ1) is 12.4. The van der Waals surface area contributed by atoms with Crippen LogP contribution in [-0.4, -0.2) is 36.5 Å². The van der Waals surface area contributed by atoms with Gasteiger partial charge in [-0.3, -0.25) is 9.40 Å². The molecule has 1 unspecified atom stereocenters. The van der Waals surface area contributed by atoms with Crippen LogP contribution >= 0.6 is 0 Å². The third-order valence-electron chi connectivity index (χ3n) is 2.95. The van der Waals surface area contributed by atoms with E-state index in [2.05, 4.69) is 15.1 Å². The van der Waals surface area contributed by atoms with Gasteiger partial charge in [0.25, 0.3) is 0 Å². The van der Waals surface area contributed by atoms with Gasteiger partial charge in [0, 0.05) is 19.8 Å². The molecule has 6 nitrogen and oxygen atoms in total. The van der Waals surface area contributed by atoms with E-state index < -0.39 is 10.0 Å². The van der Waals surface area contributed by atoms with Crippen molar-refractivity contribution in [1.82, 2.24) is 15.1 Å². The Labute approximate surface area is 101 Å². The minimum atomic E-state index is -3.30. The molecule has 96 valence electrons. The summed E-state index contributed by atoms with van der Waals surface area (Å²) in [5, 5.41) is 6.93. The summed E-state index contributed by atoms with van der Waals surface area (Å²) < 4.78 is 28.5. The highest BCUT2D eigenvalue weighted by molar-refractivity contribution is 7.93. The lowest BCUT2D eigenvalue weighted by Crippen LogP contribution is -2.29. The summed E-state index contributed by atoms with van der Waals surface area (Å²) in [6.45, 7) is 3.24. The second kappa shape index (κ2) is 4.66. The average molecular weight is 258 g/mol. The Morgan fingerprint density at radius 3 is 3.00 bits per heavy atom. The van der Waals surface area contributed by atoms with Crippen molar-refractivity contribution in [2.75, 3.05) is 17.8 Å². The van der Waals surface area contributed by atoms with Crippen molar-refractivity contribution in [3.8, 4) is 0 Å². The summed E-state index contributed by atoms with van der Waals surface area (Å²) in [6.07, 6.45) is 3.08. The first-order valence-corrected chi connectivity index (χ1v) is 7.32. The van der Waals surface area contributed by atoms with E-state index in [1.54, 1.807) is 17.9 Å². The van der Waals surface area contributed by atoms with Crippen molar-refractivity contribution in [2.45, 2.75) is 25.0 Å². The van der Waals surface area contributed by atoms with Crippen LogP contribution in [0.25, 0.3) is 0 Å². The molecule has 0 saturated carbocycles. The van der Waals surface area contributed by atoms with Gasteiger partial charge in [0.1, 0.15) is 0 Å². The molecule has 17 heavy (non-hydrogen) atoms. The van der Waals surface area contributed by atoms with Crippen molar-refractivity contribution >= 4 is 15.7 Å². The molecule has 0 spiro atoms. The van der Waals surface area contributed by atoms with E-state index in [9.17, 15) is 8.42 Å². The van der Waals surface area contributed by atoms with Crippen LogP contribution in [0, 0.1) is 0 Å². The SMILES string of the molecule is CCc1nn(C)cc1NS(=O)(=O)C1CCNC1. The van der Waals surface area contributed by atoms with Crippen molar-refractivity contribution in [3.05, 3.63) is 11.9 Å². The number of aromatic nitrogens is 2. The van der Waals surface area contributed by atoms with E-state index >= 15 is 0 Å². The Bertz CT molecular complexity index is 488. The summed E-state index contributed by atoms with van der Waals surface area (Å²) in [6, 6.07) is 0. The first-order valence-electron chi connectivity index (χ1n) is 5.78. The molecular formula is C10H18N4O2S. The van der Waals surface area contributed by atoms with Crippen LogP contribution in [0.2, 0.25) is 0 Å². The zero-order valence-electron chi connectivity index (χ0n) is 10.1. The van der Waals surface area contributed by atoms with Gasteiger partial charge < -0.3 is 5.32 Å². The molecule has 0 aromatic carbocycles. The highest BCUT2D eigenvalue weighted by Gasteiger charge is 2.29. The quantitative estimate of drug-likeness (QED) is 0.802. The van der Waals surface area contributed by atoms with E-state index in [-0.39, 0.29) is 5.25 Å². The maximum Gasteiger partial charge on any atom is 0.237 e. The number of hydrogen-bond donors (Lipinski definition) is 2. The standard InChI is InChI=1S/C10H18N4O2S/c1-3-9-10(7-14(2)12-9)13-17(15,16)8-4-5-11-6-8/h7-8,11,13H,3-6H2,1-2H3. The van der Waals surface area contributed by atoms with Gasteiger partial charge in [0.2, 0.25) is 10.0 Å². The lowest BCUT2D eigenvalue weighted by Gasteiger charge is -2.12. The van der Waals surface area contributed by atoms with Crippen LogP contribution in [0.15, 0.2) is 6.20 Å². The van der Waals surface area contributed by atoms with E-state index in [1.165, 1.54) is 0 Å². The number of nitrogens with one attached hydrogen (secondary N) is 2. The lowest BCUT2D eigenvalue weighted by molar-refractivity contribution is 0.588. The van der Waals surface area contributed by atoms with Crippen LogP contribution in [0.5, 0.6) is 0 Å². The molecule has 1 aromatic rings. The molecule has 7 heteroatoms. The largest absolute Gasteiger partial charge is 0.315 e. The van der Waals surface area contributed by atoms with Crippen LogP contribution < -0.4 is 10.0 Å². The van der Waals surface area contributed by atoms with Crippen molar-refractivity contribution in [2.24, 2.45) is 7.05 Å². The maximum atomic E-state index is 12.1. The van der Waals surface area contributed by atoms with E-state index in [0.29, 0.717) is 25.1 Å². The second-order valence-corrected chi connectivity index (χ2v) is 6.24. The molecule has 0 bridgehead atoms. The second-order valence-electron chi connectivity index (χ2n) is 4.28. The number of nitrogens with zero attached hydrogens (tertiary/aromatic N) is 2. The lowest BCUT2D eigenvalue weighted by atomic mass is 10.3. The fourth-order valence-corrected chi connectivity index (χ4v) is 3.42. The van der Waals surface area contributed by atoms with Gasteiger partial charge in [-0.2, -0.15) is 5.10 Å². The molecule has 1 aliphatic heterocycles. The fraction of sp³-hybridized carbons (Fsp3) is 0.700. The summed E-state index contributed by atoms with van der Waals surface area (Å²) >= 11 is 0. The molecule has 1 aromatic heterocycles. The minimum Gasteiger partial charge on any atom is -0.315 e. The molecular weight excluding hydrogens is 240 g/mol. The average Bonchev–Trinajstić information content (AvgIpc) is 2.86. The molecule has 0 radical (unpaired) electrons. The molecule has 0 aliphatic carbocycles. The van der Waals surface area contributed by atoms with E-state index in [1.807, 2.05) is 6.92 Å². The summed E-state index contributed by atoms with van der Waals surface area (Å²) in [7, 11) is -1.51. The predicted octanol–water partition coefficient (Wildman–Crippen LogP) is 0.0861. The van der Waals surface area contributed by atoms with Gasteiger partial charge in [-0.1, -0.05) is 6.92 Å². The number of anilines is 1. The zero-order chi connectivity index (χ0) is 12.5. The zero-order valence-corrected chi connectivity index (χ0v) is 10.9.